The fourth-order valence-corrected chi connectivity index (χ4v) is 4.07. The third-order valence-corrected chi connectivity index (χ3v) is 5.98. The summed E-state index contributed by atoms with van der Waals surface area (Å²) in [7, 11) is 0.131. The van der Waals surface area contributed by atoms with Gasteiger partial charge in [-0.3, -0.25) is 0 Å². The van der Waals surface area contributed by atoms with Crippen LogP contribution in [-0.4, -0.2) is 9.52 Å². The lowest BCUT2D eigenvalue weighted by molar-refractivity contribution is 0.440. The summed E-state index contributed by atoms with van der Waals surface area (Å²) < 4.78 is 13.5. The van der Waals surface area contributed by atoms with Crippen LogP contribution in [0.4, 0.5) is 4.39 Å². The van der Waals surface area contributed by atoms with E-state index < -0.39 is 0 Å². The Bertz CT molecular complexity index is 430. The number of rotatable bonds is 2. The molecule has 0 amide bonds. The minimum atomic E-state index is -0.364. The first kappa shape index (κ1) is 12.3. The highest BCUT2D eigenvalue weighted by Gasteiger charge is 2.21. The van der Waals surface area contributed by atoms with Gasteiger partial charge < -0.3 is 0 Å². The molecule has 0 saturated heterocycles. The van der Waals surface area contributed by atoms with Gasteiger partial charge in [-0.15, -0.1) is 0 Å². The third-order valence-electron chi connectivity index (χ3n) is 4.01. The number of hydrogen-bond acceptors (Lipinski definition) is 1. The first-order valence-corrected chi connectivity index (χ1v) is 8.67. The molecule has 1 aliphatic carbocycles. The number of nitriles is 1. The Morgan fingerprint density at radius 1 is 1.29 bits per heavy atom. The first-order valence-electron chi connectivity index (χ1n) is 6.44. The standard InChI is InChI=1S/C14H18FNSi/c1-17-13-6-4-10(5-7-13)11-2-3-12(9-16)14(15)8-11/h2-3,8,10,13H,4-7,17H2,1H3/t10-,13-. The maximum Gasteiger partial charge on any atom is 0.141 e. The largest absolute Gasteiger partial charge is 0.206 e. The zero-order chi connectivity index (χ0) is 12.3. The van der Waals surface area contributed by atoms with Crippen molar-refractivity contribution in [1.82, 2.24) is 0 Å². The summed E-state index contributed by atoms with van der Waals surface area (Å²) in [6.45, 7) is 2.38. The van der Waals surface area contributed by atoms with E-state index in [-0.39, 0.29) is 20.9 Å². The Kier molecular flexibility index (Phi) is 3.96. The van der Waals surface area contributed by atoms with Crippen molar-refractivity contribution < 1.29 is 4.39 Å². The maximum atomic E-state index is 13.5. The van der Waals surface area contributed by atoms with E-state index in [1.807, 2.05) is 12.1 Å². The van der Waals surface area contributed by atoms with E-state index in [1.165, 1.54) is 25.7 Å². The van der Waals surface area contributed by atoms with Crippen LogP contribution in [0, 0.1) is 17.1 Å². The molecule has 3 heteroatoms. The summed E-state index contributed by atoms with van der Waals surface area (Å²) in [5.74, 6) is 0.144. The summed E-state index contributed by atoms with van der Waals surface area (Å²) >= 11 is 0. The molecular formula is C14H18FNSi. The van der Waals surface area contributed by atoms with Gasteiger partial charge in [-0.2, -0.15) is 5.26 Å². The Morgan fingerprint density at radius 2 is 2.00 bits per heavy atom. The second kappa shape index (κ2) is 5.46. The van der Waals surface area contributed by atoms with Crippen molar-refractivity contribution in [2.45, 2.75) is 43.7 Å². The average molecular weight is 247 g/mol. The molecule has 1 fully saturated rings. The molecule has 0 radical (unpaired) electrons. The van der Waals surface area contributed by atoms with Crippen LogP contribution in [0.2, 0.25) is 12.1 Å². The number of halogens is 1. The number of benzene rings is 1. The van der Waals surface area contributed by atoms with E-state index in [4.69, 9.17) is 5.26 Å². The van der Waals surface area contributed by atoms with Crippen LogP contribution >= 0.6 is 0 Å². The highest BCUT2D eigenvalue weighted by molar-refractivity contribution is 6.35. The van der Waals surface area contributed by atoms with Gasteiger partial charge in [-0.25, -0.2) is 4.39 Å². The van der Waals surface area contributed by atoms with Crippen molar-refractivity contribution >= 4 is 9.52 Å². The van der Waals surface area contributed by atoms with Gasteiger partial charge in [-0.1, -0.05) is 31.0 Å². The molecule has 17 heavy (non-hydrogen) atoms. The van der Waals surface area contributed by atoms with Gasteiger partial charge in [0.2, 0.25) is 0 Å². The summed E-state index contributed by atoms with van der Waals surface area (Å²) in [4.78, 5) is 0. The van der Waals surface area contributed by atoms with E-state index in [0.717, 1.165) is 11.1 Å². The topological polar surface area (TPSA) is 23.8 Å². The highest BCUT2D eigenvalue weighted by Crippen LogP contribution is 2.38. The van der Waals surface area contributed by atoms with Crippen LogP contribution in [0.15, 0.2) is 18.2 Å². The minimum absolute atomic E-state index is 0.131. The Labute approximate surface area is 104 Å². The van der Waals surface area contributed by atoms with Crippen LogP contribution in [0.1, 0.15) is 42.7 Å². The van der Waals surface area contributed by atoms with E-state index >= 15 is 0 Å². The molecule has 90 valence electrons. The Balaban J connectivity index is 2.09. The molecule has 0 heterocycles. The van der Waals surface area contributed by atoms with E-state index in [9.17, 15) is 4.39 Å². The normalized spacial score (nSPS) is 25.0. The van der Waals surface area contributed by atoms with Gasteiger partial charge in [0, 0.05) is 9.52 Å². The van der Waals surface area contributed by atoms with Crippen molar-refractivity contribution in [2.24, 2.45) is 0 Å². The van der Waals surface area contributed by atoms with Crippen LogP contribution in [0.3, 0.4) is 0 Å². The molecule has 1 nitrogen and oxygen atoms in total. The van der Waals surface area contributed by atoms with Crippen molar-refractivity contribution in [1.29, 1.82) is 5.26 Å². The lowest BCUT2D eigenvalue weighted by Gasteiger charge is -2.28. The summed E-state index contributed by atoms with van der Waals surface area (Å²) in [6, 6.07) is 6.98. The predicted molar refractivity (Wildman–Crippen MR) is 70.5 cm³/mol. The number of hydrogen-bond donors (Lipinski definition) is 0. The van der Waals surface area contributed by atoms with Gasteiger partial charge in [-0.05, 0) is 36.5 Å². The van der Waals surface area contributed by atoms with E-state index in [0.29, 0.717) is 5.92 Å². The molecule has 0 spiro atoms. The highest BCUT2D eigenvalue weighted by atomic mass is 28.2. The third kappa shape index (κ3) is 2.75. The molecule has 0 N–H and O–H groups in total. The zero-order valence-electron chi connectivity index (χ0n) is 10.2. The summed E-state index contributed by atoms with van der Waals surface area (Å²) in [5.41, 5.74) is 2.23. The van der Waals surface area contributed by atoms with E-state index in [1.54, 1.807) is 12.1 Å². The molecule has 1 aromatic carbocycles. The molecule has 1 aliphatic rings. The van der Waals surface area contributed by atoms with Crippen LogP contribution in [0.5, 0.6) is 0 Å². The molecule has 0 bridgehead atoms. The van der Waals surface area contributed by atoms with Crippen LogP contribution < -0.4 is 0 Å². The first-order chi connectivity index (χ1) is 8.24. The molecular weight excluding hydrogens is 229 g/mol. The van der Waals surface area contributed by atoms with E-state index in [2.05, 4.69) is 6.55 Å². The molecule has 1 saturated carbocycles. The van der Waals surface area contributed by atoms with Crippen LogP contribution in [-0.2, 0) is 0 Å². The molecule has 0 unspecified atom stereocenters. The molecule has 2 rings (SSSR count). The fourth-order valence-electron chi connectivity index (χ4n) is 2.78. The molecule has 0 atom stereocenters. The van der Waals surface area contributed by atoms with Gasteiger partial charge >= 0.3 is 0 Å². The second-order valence-corrected chi connectivity index (χ2v) is 6.95. The van der Waals surface area contributed by atoms with Crippen LogP contribution in [0.25, 0.3) is 0 Å². The number of nitrogens with zero attached hydrogens (tertiary/aromatic N) is 1. The zero-order valence-corrected chi connectivity index (χ0v) is 11.7. The smallest absolute Gasteiger partial charge is 0.141 e. The van der Waals surface area contributed by atoms with Crippen molar-refractivity contribution in [3.8, 4) is 6.07 Å². The van der Waals surface area contributed by atoms with Crippen molar-refractivity contribution in [3.05, 3.63) is 35.1 Å². The molecule has 1 aromatic rings. The summed E-state index contributed by atoms with van der Waals surface area (Å²) in [5, 5.41) is 8.70. The summed E-state index contributed by atoms with van der Waals surface area (Å²) in [6.07, 6.45) is 5.01. The lowest BCUT2D eigenvalue weighted by Crippen LogP contribution is -2.12. The van der Waals surface area contributed by atoms with Gasteiger partial charge in [0.25, 0.3) is 0 Å². The lowest BCUT2D eigenvalue weighted by atomic mass is 9.83. The SMILES string of the molecule is C[SiH2][C@H]1CC[C@H](c2ccc(C#N)c(F)c2)CC1. The van der Waals surface area contributed by atoms with Crippen molar-refractivity contribution in [3.63, 3.8) is 0 Å². The maximum absolute atomic E-state index is 13.5. The van der Waals surface area contributed by atoms with Gasteiger partial charge in [0.05, 0.1) is 5.56 Å². The quantitative estimate of drug-likeness (QED) is 0.735. The monoisotopic (exact) mass is 247 g/mol. The molecule has 0 aromatic heterocycles. The fraction of sp³-hybridized carbons (Fsp3) is 0.500. The molecule has 0 aliphatic heterocycles. The predicted octanol–water partition coefficient (Wildman–Crippen LogP) is 3.36. The van der Waals surface area contributed by atoms with Crippen molar-refractivity contribution in [2.75, 3.05) is 0 Å². The van der Waals surface area contributed by atoms with Gasteiger partial charge in [0.1, 0.15) is 11.9 Å². The minimum Gasteiger partial charge on any atom is -0.206 e. The second-order valence-electron chi connectivity index (χ2n) is 4.98. The average Bonchev–Trinajstić information content (AvgIpc) is 2.39. The van der Waals surface area contributed by atoms with Gasteiger partial charge in [0.15, 0.2) is 0 Å². The Morgan fingerprint density at radius 3 is 2.53 bits per heavy atom. The Hall–Kier alpha value is -1.14.